The molecule has 2 aromatic carbocycles. The van der Waals surface area contributed by atoms with Gasteiger partial charge in [0.2, 0.25) is 0 Å². The van der Waals surface area contributed by atoms with Crippen LogP contribution in [-0.2, 0) is 0 Å². The number of carboxylic acids is 1. The number of para-hydroxylation sites is 1. The fourth-order valence-corrected chi connectivity index (χ4v) is 3.96. The van der Waals surface area contributed by atoms with Crippen molar-refractivity contribution in [1.82, 2.24) is 19.8 Å². The highest BCUT2D eigenvalue weighted by Gasteiger charge is 2.32. The van der Waals surface area contributed by atoms with Gasteiger partial charge in [-0.1, -0.05) is 25.3 Å². The largest absolute Gasteiger partial charge is 0.507 e. The van der Waals surface area contributed by atoms with Crippen LogP contribution in [0.5, 0.6) is 5.75 Å². The second-order valence-corrected chi connectivity index (χ2v) is 7.61. The quantitative estimate of drug-likeness (QED) is 0.574. The molecule has 0 atom stereocenters. The van der Waals surface area contributed by atoms with Crippen molar-refractivity contribution in [1.29, 1.82) is 0 Å². The maximum absolute atomic E-state index is 14.1. The predicted octanol–water partition coefficient (Wildman–Crippen LogP) is 2.92. The molecule has 172 valence electrons. The van der Waals surface area contributed by atoms with Crippen molar-refractivity contribution >= 4 is 17.7 Å². The molecule has 4 rings (SSSR count). The number of aromatic hydroxyl groups is 1. The third-order valence-corrected chi connectivity index (χ3v) is 5.55. The van der Waals surface area contributed by atoms with E-state index < -0.39 is 46.3 Å². The van der Waals surface area contributed by atoms with E-state index >= 15 is 0 Å². The molecule has 0 radical (unpaired) electrons. The zero-order valence-electron chi connectivity index (χ0n) is 17.2. The van der Waals surface area contributed by atoms with Gasteiger partial charge in [-0.2, -0.15) is 4.68 Å². The van der Waals surface area contributed by atoms with Crippen molar-refractivity contribution in [3.63, 3.8) is 0 Å². The summed E-state index contributed by atoms with van der Waals surface area (Å²) < 4.78 is 29.0. The van der Waals surface area contributed by atoms with Gasteiger partial charge in [0, 0.05) is 11.7 Å². The molecule has 0 saturated heterocycles. The van der Waals surface area contributed by atoms with Gasteiger partial charge in [-0.3, -0.25) is 4.90 Å². The molecule has 12 heteroatoms. The molecule has 1 fully saturated rings. The van der Waals surface area contributed by atoms with Crippen molar-refractivity contribution in [3.05, 3.63) is 64.1 Å². The van der Waals surface area contributed by atoms with E-state index in [1.54, 1.807) is 0 Å². The van der Waals surface area contributed by atoms with E-state index in [9.17, 15) is 33.4 Å². The standard InChI is InChI=1S/C21H19F2N5O5/c22-15-7-4-8-16(23)18(15)27-21(33)28(25-24-27)20(32)26(12-5-2-1-3-6-12)13-9-10-17(29)14(11-13)19(30)31/h4,7-12,29H,1-3,5-6H2,(H,30,31). The molecule has 1 aromatic heterocycles. The van der Waals surface area contributed by atoms with E-state index in [4.69, 9.17) is 0 Å². The number of tetrazole rings is 1. The van der Waals surface area contributed by atoms with Crippen LogP contribution < -0.4 is 10.6 Å². The summed E-state index contributed by atoms with van der Waals surface area (Å²) in [6.07, 6.45) is 3.73. The minimum absolute atomic E-state index is 0.126. The summed E-state index contributed by atoms with van der Waals surface area (Å²) in [4.78, 5) is 39.0. The molecule has 1 aliphatic rings. The first kappa shape index (κ1) is 22.1. The summed E-state index contributed by atoms with van der Waals surface area (Å²) in [5.74, 6) is -4.01. The zero-order valence-corrected chi connectivity index (χ0v) is 17.2. The highest BCUT2D eigenvalue weighted by Crippen LogP contribution is 2.31. The number of anilines is 1. The molecule has 1 heterocycles. The van der Waals surface area contributed by atoms with Crippen LogP contribution >= 0.6 is 0 Å². The molecule has 1 saturated carbocycles. The molecule has 1 amide bonds. The number of hydrogen-bond donors (Lipinski definition) is 2. The normalized spacial score (nSPS) is 14.2. The average Bonchev–Trinajstić information content (AvgIpc) is 3.16. The van der Waals surface area contributed by atoms with Gasteiger partial charge < -0.3 is 10.2 Å². The van der Waals surface area contributed by atoms with E-state index in [-0.39, 0.29) is 11.7 Å². The van der Waals surface area contributed by atoms with Crippen molar-refractivity contribution in [2.75, 3.05) is 4.90 Å². The van der Waals surface area contributed by atoms with E-state index in [2.05, 4.69) is 10.4 Å². The summed E-state index contributed by atoms with van der Waals surface area (Å²) in [6, 6.07) is 5.24. The number of phenols is 1. The topological polar surface area (TPSA) is 131 Å². The predicted molar refractivity (Wildman–Crippen MR) is 111 cm³/mol. The average molecular weight is 459 g/mol. The number of rotatable bonds is 4. The lowest BCUT2D eigenvalue weighted by molar-refractivity contribution is 0.0693. The SMILES string of the molecule is O=C(O)c1cc(N(C(=O)n2nnn(-c3c(F)cccc3F)c2=O)C2CCCCC2)ccc1O. The van der Waals surface area contributed by atoms with Crippen LogP contribution in [0.1, 0.15) is 42.5 Å². The Morgan fingerprint density at radius 2 is 1.70 bits per heavy atom. The molecule has 0 bridgehead atoms. The monoisotopic (exact) mass is 459 g/mol. The van der Waals surface area contributed by atoms with Gasteiger partial charge in [-0.05, 0) is 53.6 Å². The number of carbonyl (C=O) groups excluding carboxylic acids is 1. The van der Waals surface area contributed by atoms with Gasteiger partial charge in [-0.25, -0.2) is 23.2 Å². The highest BCUT2D eigenvalue weighted by atomic mass is 19.1. The van der Waals surface area contributed by atoms with Crippen molar-refractivity contribution in [3.8, 4) is 11.4 Å². The smallest absolute Gasteiger partial charge is 0.377 e. The summed E-state index contributed by atoms with van der Waals surface area (Å²) in [7, 11) is 0. The molecule has 0 aliphatic heterocycles. The number of halogens is 2. The maximum Gasteiger partial charge on any atom is 0.377 e. The second kappa shape index (κ2) is 8.81. The van der Waals surface area contributed by atoms with Gasteiger partial charge in [0.25, 0.3) is 0 Å². The first-order valence-corrected chi connectivity index (χ1v) is 10.2. The number of benzene rings is 2. The number of carboxylic acid groups (broad SMARTS) is 1. The van der Waals surface area contributed by atoms with Gasteiger partial charge in [-0.15, -0.1) is 4.68 Å². The van der Waals surface area contributed by atoms with Gasteiger partial charge >= 0.3 is 17.7 Å². The fraction of sp³-hybridized carbons (Fsp3) is 0.286. The Morgan fingerprint density at radius 1 is 1.03 bits per heavy atom. The molecule has 1 aliphatic carbocycles. The summed E-state index contributed by atoms with van der Waals surface area (Å²) in [5.41, 5.74) is -2.27. The molecule has 0 spiro atoms. The molecule has 10 nitrogen and oxygen atoms in total. The number of hydrogen-bond acceptors (Lipinski definition) is 6. The maximum atomic E-state index is 14.1. The van der Waals surface area contributed by atoms with E-state index in [0.717, 1.165) is 49.6 Å². The van der Waals surface area contributed by atoms with Gasteiger partial charge in [0.15, 0.2) is 11.6 Å². The Morgan fingerprint density at radius 3 is 2.33 bits per heavy atom. The third kappa shape index (κ3) is 4.06. The Bertz CT molecular complexity index is 1260. The van der Waals surface area contributed by atoms with E-state index in [0.29, 0.717) is 22.2 Å². The number of amides is 1. The van der Waals surface area contributed by atoms with Crippen molar-refractivity contribution in [2.24, 2.45) is 0 Å². The lowest BCUT2D eigenvalue weighted by Crippen LogP contribution is -2.47. The number of carbonyl (C=O) groups is 2. The Kier molecular flexibility index (Phi) is 5.90. The highest BCUT2D eigenvalue weighted by molar-refractivity contribution is 5.97. The van der Waals surface area contributed by atoms with Crippen LogP contribution in [0.4, 0.5) is 19.3 Å². The first-order chi connectivity index (χ1) is 15.8. The Labute approximate surface area is 185 Å². The first-order valence-electron chi connectivity index (χ1n) is 10.2. The van der Waals surface area contributed by atoms with Crippen molar-refractivity contribution < 1.29 is 28.6 Å². The Balaban J connectivity index is 1.80. The zero-order chi connectivity index (χ0) is 23.7. The fourth-order valence-electron chi connectivity index (χ4n) is 3.96. The number of aromatic nitrogens is 4. The Hall–Kier alpha value is -4.09. The minimum Gasteiger partial charge on any atom is -0.507 e. The molecule has 2 N–H and O–H groups in total. The molecular formula is C21H19F2N5O5. The summed E-state index contributed by atoms with van der Waals surface area (Å²) >= 11 is 0. The summed E-state index contributed by atoms with van der Waals surface area (Å²) in [5, 5.41) is 26.2. The van der Waals surface area contributed by atoms with Gasteiger partial charge in [0.1, 0.15) is 17.0 Å². The van der Waals surface area contributed by atoms with Crippen LogP contribution in [0.2, 0.25) is 0 Å². The second-order valence-electron chi connectivity index (χ2n) is 7.61. The molecule has 3 aromatic rings. The third-order valence-electron chi connectivity index (χ3n) is 5.55. The van der Waals surface area contributed by atoms with Crippen LogP contribution in [0.3, 0.4) is 0 Å². The number of nitrogens with zero attached hydrogens (tertiary/aromatic N) is 5. The van der Waals surface area contributed by atoms with Crippen LogP contribution in [0.25, 0.3) is 5.69 Å². The number of aromatic carboxylic acids is 1. The molecule has 0 unspecified atom stereocenters. The van der Waals surface area contributed by atoms with Crippen LogP contribution in [0.15, 0.2) is 41.2 Å². The van der Waals surface area contributed by atoms with Gasteiger partial charge in [0.05, 0.1) is 0 Å². The summed E-state index contributed by atoms with van der Waals surface area (Å²) in [6.45, 7) is 0. The molecule has 33 heavy (non-hydrogen) atoms. The van der Waals surface area contributed by atoms with E-state index in [1.165, 1.54) is 11.0 Å². The van der Waals surface area contributed by atoms with Crippen LogP contribution in [-0.4, -0.2) is 48.0 Å². The van der Waals surface area contributed by atoms with Crippen LogP contribution in [0, 0.1) is 11.6 Å². The minimum atomic E-state index is -1.40. The molecular weight excluding hydrogens is 440 g/mol. The van der Waals surface area contributed by atoms with E-state index in [1.807, 2.05) is 0 Å². The van der Waals surface area contributed by atoms with Crippen molar-refractivity contribution in [2.45, 2.75) is 38.1 Å². The lowest BCUT2D eigenvalue weighted by atomic mass is 9.94. The lowest BCUT2D eigenvalue weighted by Gasteiger charge is -2.33.